The standard InChI is InChI=1S/C10H21NO6/c1-3-10(17,4-2)8(15)6(13)5(12)7(14)9(11)16/h5-8,12-15,17H,3-4H2,1-2H3,(H2,11,16)/t5-,6-,7+,8-/m0/s1. The highest BCUT2D eigenvalue weighted by Crippen LogP contribution is 2.24. The molecule has 4 atom stereocenters. The molecular formula is C10H21NO6. The molecule has 1 amide bonds. The molecule has 0 heterocycles. The van der Waals surface area contributed by atoms with Gasteiger partial charge in [-0.15, -0.1) is 0 Å². The van der Waals surface area contributed by atoms with Gasteiger partial charge < -0.3 is 31.3 Å². The third kappa shape index (κ3) is 3.62. The predicted octanol–water partition coefficient (Wildman–Crippen LogP) is -2.53. The van der Waals surface area contributed by atoms with E-state index in [0.717, 1.165) is 0 Å². The lowest BCUT2D eigenvalue weighted by Crippen LogP contribution is -2.56. The summed E-state index contributed by atoms with van der Waals surface area (Å²) in [5.74, 6) is -1.22. The minimum Gasteiger partial charge on any atom is -0.387 e. The van der Waals surface area contributed by atoms with Crippen LogP contribution in [0, 0.1) is 0 Å². The van der Waals surface area contributed by atoms with Gasteiger partial charge in [0.05, 0.1) is 5.60 Å². The van der Waals surface area contributed by atoms with Crippen LogP contribution in [0.4, 0.5) is 0 Å². The smallest absolute Gasteiger partial charge is 0.249 e. The van der Waals surface area contributed by atoms with Gasteiger partial charge in [-0.2, -0.15) is 0 Å². The minimum absolute atomic E-state index is 0.140. The molecule has 0 fully saturated rings. The minimum atomic E-state index is -2.00. The van der Waals surface area contributed by atoms with Crippen LogP contribution in [-0.2, 0) is 4.79 Å². The summed E-state index contributed by atoms with van der Waals surface area (Å²) in [5.41, 5.74) is 3.15. The van der Waals surface area contributed by atoms with Crippen LogP contribution < -0.4 is 5.73 Å². The molecule has 7 nitrogen and oxygen atoms in total. The number of amides is 1. The number of rotatable bonds is 7. The highest BCUT2D eigenvalue weighted by atomic mass is 16.4. The molecule has 0 aliphatic rings. The normalized spacial score (nSPS) is 19.5. The SMILES string of the molecule is CCC(O)(CC)[C@@H](O)[C@@H](O)[C@H](O)[C@@H](O)C(N)=O. The molecule has 7 N–H and O–H groups in total. The first-order valence-electron chi connectivity index (χ1n) is 5.45. The second-order valence-electron chi connectivity index (χ2n) is 4.08. The first kappa shape index (κ1) is 16.3. The molecule has 0 unspecified atom stereocenters. The van der Waals surface area contributed by atoms with Gasteiger partial charge in [-0.05, 0) is 12.8 Å². The van der Waals surface area contributed by atoms with E-state index in [1.165, 1.54) is 0 Å². The van der Waals surface area contributed by atoms with Crippen molar-refractivity contribution in [1.29, 1.82) is 0 Å². The molecular weight excluding hydrogens is 230 g/mol. The molecule has 0 spiro atoms. The molecule has 7 heteroatoms. The van der Waals surface area contributed by atoms with E-state index in [0.29, 0.717) is 0 Å². The summed E-state index contributed by atoms with van der Waals surface area (Å²) in [5, 5.41) is 47.8. The summed E-state index contributed by atoms with van der Waals surface area (Å²) < 4.78 is 0. The Balaban J connectivity index is 4.80. The van der Waals surface area contributed by atoms with Crippen molar-refractivity contribution < 1.29 is 30.3 Å². The van der Waals surface area contributed by atoms with Gasteiger partial charge in [-0.1, -0.05) is 13.8 Å². The predicted molar refractivity (Wildman–Crippen MR) is 58.8 cm³/mol. The van der Waals surface area contributed by atoms with Crippen LogP contribution in [0.3, 0.4) is 0 Å². The van der Waals surface area contributed by atoms with Gasteiger partial charge in [-0.25, -0.2) is 0 Å². The first-order valence-corrected chi connectivity index (χ1v) is 5.45. The zero-order valence-electron chi connectivity index (χ0n) is 9.95. The molecule has 0 aromatic carbocycles. The molecule has 0 aliphatic heterocycles. The first-order chi connectivity index (χ1) is 7.71. The van der Waals surface area contributed by atoms with Crippen LogP contribution in [0.2, 0.25) is 0 Å². The summed E-state index contributed by atoms with van der Waals surface area (Å²) in [4.78, 5) is 10.6. The molecule has 102 valence electrons. The molecule has 0 saturated carbocycles. The van der Waals surface area contributed by atoms with Gasteiger partial charge in [0, 0.05) is 0 Å². The molecule has 17 heavy (non-hydrogen) atoms. The average molecular weight is 251 g/mol. The van der Waals surface area contributed by atoms with Gasteiger partial charge in [0.1, 0.15) is 18.3 Å². The van der Waals surface area contributed by atoms with Crippen LogP contribution in [0.15, 0.2) is 0 Å². The lowest BCUT2D eigenvalue weighted by molar-refractivity contribution is -0.175. The Labute approximate surface area is 99.5 Å². The second-order valence-corrected chi connectivity index (χ2v) is 4.08. The fourth-order valence-corrected chi connectivity index (χ4v) is 1.53. The number of aliphatic hydroxyl groups is 5. The van der Waals surface area contributed by atoms with E-state index in [2.05, 4.69) is 0 Å². The van der Waals surface area contributed by atoms with Crippen LogP contribution in [-0.4, -0.2) is 61.5 Å². The Bertz CT molecular complexity index is 255. The van der Waals surface area contributed by atoms with E-state index < -0.39 is 35.9 Å². The number of hydrogen-bond donors (Lipinski definition) is 6. The number of carbonyl (C=O) groups excluding carboxylic acids is 1. The fraction of sp³-hybridized carbons (Fsp3) is 0.900. The van der Waals surface area contributed by atoms with Gasteiger partial charge in [-0.3, -0.25) is 4.79 Å². The Morgan fingerprint density at radius 3 is 1.82 bits per heavy atom. The van der Waals surface area contributed by atoms with Gasteiger partial charge in [0.25, 0.3) is 0 Å². The molecule has 0 radical (unpaired) electrons. The van der Waals surface area contributed by atoms with Crippen molar-refractivity contribution in [2.45, 2.75) is 56.7 Å². The van der Waals surface area contributed by atoms with Crippen molar-refractivity contribution in [3.05, 3.63) is 0 Å². The maximum Gasteiger partial charge on any atom is 0.249 e. The number of primary amides is 1. The Morgan fingerprint density at radius 2 is 1.53 bits per heavy atom. The average Bonchev–Trinajstić information content (AvgIpc) is 2.33. The Hall–Kier alpha value is -0.730. The molecule has 0 bridgehead atoms. The van der Waals surface area contributed by atoms with E-state index in [9.17, 15) is 25.2 Å². The third-order valence-electron chi connectivity index (χ3n) is 3.06. The summed E-state index contributed by atoms with van der Waals surface area (Å²) in [6, 6.07) is 0. The topological polar surface area (TPSA) is 144 Å². The molecule has 0 saturated heterocycles. The van der Waals surface area contributed by atoms with Crippen LogP contribution >= 0.6 is 0 Å². The summed E-state index contributed by atoms with van der Waals surface area (Å²) in [6.07, 6.45) is -7.24. The van der Waals surface area contributed by atoms with Crippen LogP contribution in [0.1, 0.15) is 26.7 Å². The van der Waals surface area contributed by atoms with Gasteiger partial charge in [0.2, 0.25) is 5.91 Å². The lowest BCUT2D eigenvalue weighted by Gasteiger charge is -2.36. The summed E-state index contributed by atoms with van der Waals surface area (Å²) in [7, 11) is 0. The van der Waals surface area contributed by atoms with Crippen molar-refractivity contribution in [3.63, 3.8) is 0 Å². The van der Waals surface area contributed by atoms with Crippen LogP contribution in [0.5, 0.6) is 0 Å². The van der Waals surface area contributed by atoms with Gasteiger partial charge >= 0.3 is 0 Å². The maximum atomic E-state index is 10.6. The highest BCUT2D eigenvalue weighted by Gasteiger charge is 2.42. The number of nitrogens with two attached hydrogens (primary N) is 1. The van der Waals surface area contributed by atoms with E-state index in [1.54, 1.807) is 13.8 Å². The second kappa shape index (κ2) is 6.27. The third-order valence-corrected chi connectivity index (χ3v) is 3.06. The monoisotopic (exact) mass is 251 g/mol. The lowest BCUT2D eigenvalue weighted by atomic mass is 9.85. The van der Waals surface area contributed by atoms with Gasteiger partial charge in [0.15, 0.2) is 6.10 Å². The van der Waals surface area contributed by atoms with Crippen LogP contribution in [0.25, 0.3) is 0 Å². The maximum absolute atomic E-state index is 10.6. The largest absolute Gasteiger partial charge is 0.387 e. The van der Waals surface area contributed by atoms with E-state index in [1.807, 2.05) is 0 Å². The van der Waals surface area contributed by atoms with E-state index >= 15 is 0 Å². The van der Waals surface area contributed by atoms with Crippen molar-refractivity contribution in [3.8, 4) is 0 Å². The van der Waals surface area contributed by atoms with E-state index in [4.69, 9.17) is 10.8 Å². The summed E-state index contributed by atoms with van der Waals surface area (Å²) >= 11 is 0. The zero-order chi connectivity index (χ0) is 13.8. The Kier molecular flexibility index (Phi) is 6.00. The molecule has 0 rings (SSSR count). The zero-order valence-corrected chi connectivity index (χ0v) is 9.95. The number of carbonyl (C=O) groups is 1. The fourth-order valence-electron chi connectivity index (χ4n) is 1.53. The Morgan fingerprint density at radius 1 is 1.12 bits per heavy atom. The van der Waals surface area contributed by atoms with Crippen molar-refractivity contribution in [1.82, 2.24) is 0 Å². The quantitative estimate of drug-likeness (QED) is 0.294. The van der Waals surface area contributed by atoms with Crippen molar-refractivity contribution >= 4 is 5.91 Å². The molecule has 0 aromatic heterocycles. The van der Waals surface area contributed by atoms with Crippen molar-refractivity contribution in [2.75, 3.05) is 0 Å². The van der Waals surface area contributed by atoms with E-state index in [-0.39, 0.29) is 12.8 Å². The van der Waals surface area contributed by atoms with Crippen molar-refractivity contribution in [2.24, 2.45) is 5.73 Å². The molecule has 0 aromatic rings. The summed E-state index contributed by atoms with van der Waals surface area (Å²) in [6.45, 7) is 3.19. The number of hydrogen-bond acceptors (Lipinski definition) is 6. The molecule has 0 aliphatic carbocycles. The number of aliphatic hydroxyl groups excluding tert-OH is 4. The highest BCUT2D eigenvalue weighted by molar-refractivity contribution is 5.79.